The van der Waals surface area contributed by atoms with Gasteiger partial charge >= 0.3 is 0 Å². The van der Waals surface area contributed by atoms with Gasteiger partial charge in [-0.1, -0.05) is 61.0 Å². The van der Waals surface area contributed by atoms with E-state index in [2.05, 4.69) is 48.6 Å². The summed E-state index contributed by atoms with van der Waals surface area (Å²) in [6, 6.07) is 18.9. The van der Waals surface area contributed by atoms with Crippen LogP contribution in [-0.4, -0.2) is 13.7 Å². The van der Waals surface area contributed by atoms with Gasteiger partial charge in [-0.15, -0.1) is 0 Å². The minimum absolute atomic E-state index is 0.178. The maximum Gasteiger partial charge on any atom is 0.0657 e. The van der Waals surface area contributed by atoms with E-state index in [1.54, 1.807) is 7.11 Å². The molecule has 0 saturated heterocycles. The molecule has 0 heterocycles. The summed E-state index contributed by atoms with van der Waals surface area (Å²) < 4.78 is 5.38. The maximum atomic E-state index is 5.97. The Labute approximate surface area is 132 Å². The highest BCUT2D eigenvalue weighted by atomic mass is 35.5. The molecule has 0 fully saturated rings. The topological polar surface area (TPSA) is 21.3 Å². The molecule has 0 aliphatic carbocycles. The van der Waals surface area contributed by atoms with Gasteiger partial charge in [0.25, 0.3) is 0 Å². The highest BCUT2D eigenvalue weighted by molar-refractivity contribution is 6.30. The number of hydrogen-bond acceptors (Lipinski definition) is 2. The predicted octanol–water partition coefficient (Wildman–Crippen LogP) is 4.77. The Bertz CT molecular complexity index is 527. The molecule has 0 radical (unpaired) electrons. The minimum Gasteiger partial charge on any atom is -0.383 e. The molecule has 21 heavy (non-hydrogen) atoms. The number of nitrogens with one attached hydrogen (secondary N) is 1. The van der Waals surface area contributed by atoms with Gasteiger partial charge in [0.05, 0.1) is 12.6 Å². The molecule has 112 valence electrons. The normalized spacial score (nSPS) is 13.9. The summed E-state index contributed by atoms with van der Waals surface area (Å²) in [5.41, 5.74) is 2.49. The van der Waals surface area contributed by atoms with E-state index in [9.17, 15) is 0 Å². The van der Waals surface area contributed by atoms with Crippen molar-refractivity contribution in [2.45, 2.75) is 25.4 Å². The van der Waals surface area contributed by atoms with Crippen LogP contribution in [0.5, 0.6) is 0 Å². The zero-order valence-corrected chi connectivity index (χ0v) is 13.3. The number of ether oxygens (including phenoxy) is 1. The second-order valence-corrected chi connectivity index (χ2v) is 5.53. The summed E-state index contributed by atoms with van der Waals surface area (Å²) >= 11 is 5.97. The van der Waals surface area contributed by atoms with Crippen LogP contribution in [0.25, 0.3) is 0 Å². The first-order chi connectivity index (χ1) is 10.2. The van der Waals surface area contributed by atoms with Gasteiger partial charge in [-0.05, 0) is 29.7 Å². The SMILES string of the molecule is CCC(NC(COC)c1ccccc1)c1ccc(Cl)cc1. The molecule has 2 aromatic rings. The van der Waals surface area contributed by atoms with Crippen molar-refractivity contribution < 1.29 is 4.74 Å². The van der Waals surface area contributed by atoms with E-state index < -0.39 is 0 Å². The molecule has 0 aliphatic heterocycles. The predicted molar refractivity (Wildman–Crippen MR) is 88.7 cm³/mol. The minimum atomic E-state index is 0.178. The first-order valence-electron chi connectivity index (χ1n) is 7.30. The van der Waals surface area contributed by atoms with Gasteiger partial charge < -0.3 is 10.1 Å². The lowest BCUT2D eigenvalue weighted by atomic mass is 10.0. The van der Waals surface area contributed by atoms with Crippen molar-refractivity contribution >= 4 is 11.6 Å². The van der Waals surface area contributed by atoms with Gasteiger partial charge in [-0.25, -0.2) is 0 Å². The first kappa shape index (κ1) is 16.0. The van der Waals surface area contributed by atoms with Gasteiger partial charge in [0.1, 0.15) is 0 Å². The van der Waals surface area contributed by atoms with Crippen LogP contribution in [0.1, 0.15) is 36.6 Å². The van der Waals surface area contributed by atoms with E-state index in [0.29, 0.717) is 6.61 Å². The summed E-state index contributed by atoms with van der Waals surface area (Å²) in [7, 11) is 1.74. The van der Waals surface area contributed by atoms with Crippen LogP contribution in [0.2, 0.25) is 5.02 Å². The van der Waals surface area contributed by atoms with Gasteiger partial charge in [0.2, 0.25) is 0 Å². The van der Waals surface area contributed by atoms with Gasteiger partial charge in [-0.2, -0.15) is 0 Å². The Morgan fingerprint density at radius 2 is 1.57 bits per heavy atom. The third-order valence-corrected chi connectivity index (χ3v) is 3.87. The molecule has 0 spiro atoms. The third kappa shape index (κ3) is 4.57. The lowest BCUT2D eigenvalue weighted by molar-refractivity contribution is 0.160. The van der Waals surface area contributed by atoms with E-state index in [4.69, 9.17) is 16.3 Å². The monoisotopic (exact) mass is 303 g/mol. The quantitative estimate of drug-likeness (QED) is 0.795. The molecule has 2 aromatic carbocycles. The molecule has 0 bridgehead atoms. The standard InChI is InChI=1S/C18H22ClNO/c1-3-17(15-9-11-16(19)12-10-15)20-18(13-21-2)14-7-5-4-6-8-14/h4-12,17-18,20H,3,13H2,1-2H3. The Kier molecular flexibility index (Phi) is 6.24. The number of halogens is 1. The highest BCUT2D eigenvalue weighted by Crippen LogP contribution is 2.23. The molecule has 2 atom stereocenters. The largest absolute Gasteiger partial charge is 0.383 e. The molecule has 0 aliphatic rings. The lowest BCUT2D eigenvalue weighted by Crippen LogP contribution is -2.29. The third-order valence-electron chi connectivity index (χ3n) is 3.62. The maximum absolute atomic E-state index is 5.97. The highest BCUT2D eigenvalue weighted by Gasteiger charge is 2.17. The molecule has 2 nitrogen and oxygen atoms in total. The smallest absolute Gasteiger partial charge is 0.0657 e. The average molecular weight is 304 g/mol. The van der Waals surface area contributed by atoms with Crippen molar-refractivity contribution in [1.29, 1.82) is 0 Å². The Balaban J connectivity index is 2.15. The van der Waals surface area contributed by atoms with Gasteiger partial charge in [0.15, 0.2) is 0 Å². The van der Waals surface area contributed by atoms with Crippen LogP contribution in [0.15, 0.2) is 54.6 Å². The average Bonchev–Trinajstić information content (AvgIpc) is 2.53. The zero-order chi connectivity index (χ0) is 15.1. The second kappa shape index (κ2) is 8.18. The number of hydrogen-bond donors (Lipinski definition) is 1. The Morgan fingerprint density at radius 3 is 2.14 bits per heavy atom. The van der Waals surface area contributed by atoms with Crippen LogP contribution in [-0.2, 0) is 4.74 Å². The summed E-state index contributed by atoms with van der Waals surface area (Å²) in [6.45, 7) is 2.83. The number of rotatable bonds is 7. The van der Waals surface area contributed by atoms with Crippen LogP contribution < -0.4 is 5.32 Å². The molecule has 0 aromatic heterocycles. The molecule has 2 unspecified atom stereocenters. The van der Waals surface area contributed by atoms with Crippen LogP contribution in [0.3, 0.4) is 0 Å². The number of benzene rings is 2. The van der Waals surface area contributed by atoms with Crippen molar-refractivity contribution in [3.63, 3.8) is 0 Å². The Morgan fingerprint density at radius 1 is 0.952 bits per heavy atom. The van der Waals surface area contributed by atoms with E-state index in [-0.39, 0.29) is 12.1 Å². The lowest BCUT2D eigenvalue weighted by Gasteiger charge is -2.25. The summed E-state index contributed by atoms with van der Waals surface area (Å²) in [4.78, 5) is 0. The fourth-order valence-electron chi connectivity index (χ4n) is 2.48. The molecule has 1 N–H and O–H groups in total. The van der Waals surface area contributed by atoms with E-state index in [0.717, 1.165) is 11.4 Å². The molecule has 3 heteroatoms. The molecule has 2 rings (SSSR count). The van der Waals surface area contributed by atoms with Crippen LogP contribution in [0.4, 0.5) is 0 Å². The summed E-state index contributed by atoms with van der Waals surface area (Å²) in [5, 5.41) is 4.46. The fraction of sp³-hybridized carbons (Fsp3) is 0.333. The van der Waals surface area contributed by atoms with E-state index >= 15 is 0 Å². The number of methoxy groups -OCH3 is 1. The molecular formula is C18H22ClNO. The summed E-state index contributed by atoms with van der Waals surface area (Å²) in [5.74, 6) is 0. The van der Waals surface area contributed by atoms with Crippen molar-refractivity contribution in [3.05, 3.63) is 70.7 Å². The van der Waals surface area contributed by atoms with Gasteiger partial charge in [0, 0.05) is 18.2 Å². The van der Waals surface area contributed by atoms with Crippen molar-refractivity contribution in [1.82, 2.24) is 5.32 Å². The fourth-order valence-corrected chi connectivity index (χ4v) is 2.61. The molecular weight excluding hydrogens is 282 g/mol. The van der Waals surface area contributed by atoms with Crippen molar-refractivity contribution in [3.8, 4) is 0 Å². The zero-order valence-electron chi connectivity index (χ0n) is 12.6. The second-order valence-electron chi connectivity index (χ2n) is 5.10. The Hall–Kier alpha value is -1.35. The van der Waals surface area contributed by atoms with Crippen molar-refractivity contribution in [2.24, 2.45) is 0 Å². The van der Waals surface area contributed by atoms with Crippen LogP contribution >= 0.6 is 11.6 Å². The van der Waals surface area contributed by atoms with Crippen molar-refractivity contribution in [2.75, 3.05) is 13.7 Å². The molecule has 0 saturated carbocycles. The van der Waals surface area contributed by atoms with E-state index in [1.807, 2.05) is 18.2 Å². The summed E-state index contributed by atoms with van der Waals surface area (Å²) in [6.07, 6.45) is 1.01. The van der Waals surface area contributed by atoms with E-state index in [1.165, 1.54) is 11.1 Å². The van der Waals surface area contributed by atoms with Crippen LogP contribution in [0, 0.1) is 0 Å². The first-order valence-corrected chi connectivity index (χ1v) is 7.67. The van der Waals surface area contributed by atoms with Gasteiger partial charge in [-0.3, -0.25) is 0 Å². The molecule has 0 amide bonds.